The van der Waals surface area contributed by atoms with Crippen molar-refractivity contribution in [3.63, 3.8) is 0 Å². The van der Waals surface area contributed by atoms with Gasteiger partial charge in [-0.1, -0.05) is 12.5 Å². The van der Waals surface area contributed by atoms with Crippen molar-refractivity contribution in [2.45, 2.75) is 94.8 Å². The molecule has 6 rings (SSSR count). The van der Waals surface area contributed by atoms with Gasteiger partial charge in [-0.25, -0.2) is 14.4 Å². The smallest absolute Gasteiger partial charge is 0.348 e. The molecule has 3 saturated heterocycles. The molecular formula is C32H40O16. The van der Waals surface area contributed by atoms with E-state index in [1.807, 2.05) is 0 Å². The number of allylic oxidation sites excluding steroid dienone is 3. The highest BCUT2D eigenvalue weighted by molar-refractivity contribution is 6.08. The molecule has 14 atom stereocenters. The van der Waals surface area contributed by atoms with Gasteiger partial charge in [0.25, 0.3) is 0 Å². The third kappa shape index (κ3) is 4.50. The van der Waals surface area contributed by atoms with E-state index in [2.05, 4.69) is 0 Å². The molecule has 1 spiro atoms. The minimum absolute atomic E-state index is 0.0747. The fourth-order valence-electron chi connectivity index (χ4n) is 9.07. The molecule has 2 saturated carbocycles. The number of methoxy groups -OCH3 is 1. The average Bonchev–Trinajstić information content (AvgIpc) is 3.34. The zero-order valence-electron chi connectivity index (χ0n) is 26.9. The Bertz CT molecular complexity index is 1510. The second-order valence-electron chi connectivity index (χ2n) is 13.8. The maximum Gasteiger partial charge on any atom is 0.348 e. The van der Waals surface area contributed by atoms with E-state index in [4.69, 9.17) is 28.4 Å². The van der Waals surface area contributed by atoms with Crippen LogP contribution in [0.1, 0.15) is 34.1 Å². The summed E-state index contributed by atoms with van der Waals surface area (Å²) >= 11 is 0. The predicted molar refractivity (Wildman–Crippen MR) is 155 cm³/mol. The standard InChI is InChI=1S/C32H40O16/c1-11(2)6-17(34)48-23-25-31-10-44-32(25,29(42)43-5)26(40)22(39)24(31)30(4)8-14(18(35)12(3)13(30)7-16(31)47-27(23)41)45-28-21(38)20(37)19(36)15(9-33)46-28/h6,8,15-16,19-26,28,33,36-40H,7,9-10H2,1-5H3/t15-,16-,19-,20+,21-,22+,23-,24-,25+,26-,28-,30+,31-,32+/m0/s1. The Balaban J connectivity index is 1.49. The third-order valence-electron chi connectivity index (χ3n) is 11.1. The molecule has 48 heavy (non-hydrogen) atoms. The van der Waals surface area contributed by atoms with Gasteiger partial charge in [0.2, 0.25) is 23.8 Å². The summed E-state index contributed by atoms with van der Waals surface area (Å²) in [5.74, 6) is -6.66. The predicted octanol–water partition coefficient (Wildman–Crippen LogP) is -2.30. The van der Waals surface area contributed by atoms with E-state index in [9.17, 15) is 49.8 Å². The molecule has 6 aliphatic rings. The van der Waals surface area contributed by atoms with Crippen LogP contribution >= 0.6 is 0 Å². The van der Waals surface area contributed by atoms with Gasteiger partial charge in [0.05, 0.1) is 32.3 Å². The summed E-state index contributed by atoms with van der Waals surface area (Å²) in [5.41, 5.74) is -4.15. The second kappa shape index (κ2) is 11.7. The number of Topliss-reactive ketones (excluding diaryl/α,β-unsaturated/α-hetero) is 1. The Kier molecular flexibility index (Phi) is 8.44. The van der Waals surface area contributed by atoms with Crippen molar-refractivity contribution in [1.82, 2.24) is 0 Å². The second-order valence-corrected chi connectivity index (χ2v) is 13.8. The van der Waals surface area contributed by atoms with Crippen molar-refractivity contribution in [2.24, 2.45) is 22.7 Å². The fourth-order valence-corrected chi connectivity index (χ4v) is 9.07. The lowest BCUT2D eigenvalue weighted by Crippen LogP contribution is -2.78. The summed E-state index contributed by atoms with van der Waals surface area (Å²) < 4.78 is 34.0. The highest BCUT2D eigenvalue weighted by Gasteiger charge is 2.84. The molecule has 6 N–H and O–H groups in total. The molecule has 0 radical (unpaired) electrons. The number of carbonyl (C=O) groups is 4. The number of ether oxygens (including phenoxy) is 6. The van der Waals surface area contributed by atoms with E-state index in [0.717, 1.165) is 13.2 Å². The number of fused-ring (bicyclic) bond motifs is 2. The van der Waals surface area contributed by atoms with Gasteiger partial charge in [-0.05, 0) is 32.4 Å². The van der Waals surface area contributed by atoms with Crippen molar-refractivity contribution in [1.29, 1.82) is 0 Å². The van der Waals surface area contributed by atoms with Gasteiger partial charge in [0, 0.05) is 34.8 Å². The van der Waals surface area contributed by atoms with Gasteiger partial charge in [-0.15, -0.1) is 0 Å². The van der Waals surface area contributed by atoms with Crippen LogP contribution in [-0.2, 0) is 47.6 Å². The number of hydrogen-bond donors (Lipinski definition) is 6. The first-order chi connectivity index (χ1) is 22.5. The maximum atomic E-state index is 13.7. The first kappa shape index (κ1) is 34.6. The Labute approximate surface area is 274 Å². The van der Waals surface area contributed by atoms with Crippen LogP contribution in [0, 0.1) is 22.7 Å². The minimum Gasteiger partial charge on any atom is -0.467 e. The fraction of sp³-hybridized carbons (Fsp3) is 0.688. The minimum atomic E-state index is -2.35. The highest BCUT2D eigenvalue weighted by Crippen LogP contribution is 2.72. The number of esters is 3. The normalized spacial score (nSPS) is 46.1. The SMILES string of the molecule is COC(=O)[C@]12OC[C@]34[C@H](CC5=C(C)C(=O)C(O[C@H]6O[C@@H](CO)[C@H](O)[C@@H](O)[C@@H]6O)=C[C@@]5(C)[C@@H]3[C@@H](O)[C@@H]1O)OC(=O)[C@@H](OC(=O)C=C(C)C)[C@@H]24. The highest BCUT2D eigenvalue weighted by atomic mass is 16.7. The van der Waals surface area contributed by atoms with E-state index in [1.165, 1.54) is 13.0 Å². The van der Waals surface area contributed by atoms with E-state index in [-0.39, 0.29) is 24.4 Å². The monoisotopic (exact) mass is 680 g/mol. The van der Waals surface area contributed by atoms with Crippen LogP contribution in [0.4, 0.5) is 0 Å². The van der Waals surface area contributed by atoms with E-state index in [0.29, 0.717) is 11.1 Å². The molecule has 2 bridgehead atoms. The van der Waals surface area contributed by atoms with E-state index < -0.39 is 114 Å². The van der Waals surface area contributed by atoms with Gasteiger partial charge in [0.1, 0.15) is 36.6 Å². The van der Waals surface area contributed by atoms with Crippen LogP contribution in [0.2, 0.25) is 0 Å². The van der Waals surface area contributed by atoms with E-state index >= 15 is 0 Å². The van der Waals surface area contributed by atoms with Crippen molar-refractivity contribution in [3.05, 3.63) is 34.6 Å². The molecule has 0 aromatic carbocycles. The molecule has 16 heteroatoms. The zero-order valence-corrected chi connectivity index (χ0v) is 26.9. The van der Waals surface area contributed by atoms with Crippen molar-refractivity contribution < 1.29 is 78.2 Å². The van der Waals surface area contributed by atoms with Crippen molar-refractivity contribution >= 4 is 23.7 Å². The lowest BCUT2D eigenvalue weighted by Gasteiger charge is -2.65. The molecule has 0 amide bonds. The van der Waals surface area contributed by atoms with Crippen molar-refractivity contribution in [2.75, 3.05) is 20.3 Å². The lowest BCUT2D eigenvalue weighted by molar-refractivity contribution is -0.291. The van der Waals surface area contributed by atoms with Crippen LogP contribution < -0.4 is 0 Å². The molecule has 0 aromatic rings. The maximum absolute atomic E-state index is 13.7. The summed E-state index contributed by atoms with van der Waals surface area (Å²) in [6.07, 6.45) is -12.6. The molecular weight excluding hydrogens is 640 g/mol. The van der Waals surface area contributed by atoms with Gasteiger partial charge in [0.15, 0.2) is 5.76 Å². The Morgan fingerprint density at radius 2 is 1.73 bits per heavy atom. The first-order valence-corrected chi connectivity index (χ1v) is 15.6. The van der Waals surface area contributed by atoms with Crippen molar-refractivity contribution in [3.8, 4) is 0 Å². The molecule has 5 fully saturated rings. The Morgan fingerprint density at radius 1 is 1.04 bits per heavy atom. The number of carbonyl (C=O) groups excluding carboxylic acids is 4. The molecule has 3 aliphatic carbocycles. The lowest BCUT2D eigenvalue weighted by atomic mass is 9.40. The summed E-state index contributed by atoms with van der Waals surface area (Å²) in [6.45, 7) is 5.31. The van der Waals surface area contributed by atoms with Gasteiger partial charge >= 0.3 is 17.9 Å². The third-order valence-corrected chi connectivity index (χ3v) is 11.1. The molecule has 264 valence electrons. The summed E-state index contributed by atoms with van der Waals surface area (Å²) in [4.78, 5) is 53.8. The summed E-state index contributed by atoms with van der Waals surface area (Å²) in [6, 6.07) is 0. The molecule has 0 aromatic heterocycles. The number of ketones is 1. The Morgan fingerprint density at radius 3 is 2.35 bits per heavy atom. The van der Waals surface area contributed by atoms with Crippen LogP contribution in [0.3, 0.4) is 0 Å². The van der Waals surface area contributed by atoms with Gasteiger partial charge in [-0.2, -0.15) is 0 Å². The van der Waals surface area contributed by atoms with Crippen LogP contribution in [0.5, 0.6) is 0 Å². The van der Waals surface area contributed by atoms with Crippen LogP contribution in [0.25, 0.3) is 0 Å². The largest absolute Gasteiger partial charge is 0.467 e. The van der Waals surface area contributed by atoms with Crippen LogP contribution in [0.15, 0.2) is 34.6 Å². The molecule has 3 aliphatic heterocycles. The quantitative estimate of drug-likeness (QED) is 0.0981. The summed E-state index contributed by atoms with van der Waals surface area (Å²) in [5, 5.41) is 64.5. The van der Waals surface area contributed by atoms with Gasteiger partial charge < -0.3 is 59.1 Å². The first-order valence-electron chi connectivity index (χ1n) is 15.6. The van der Waals surface area contributed by atoms with Gasteiger partial charge in [-0.3, -0.25) is 4.79 Å². The molecule has 0 unspecified atom stereocenters. The topological polar surface area (TPSA) is 245 Å². The molecule has 3 heterocycles. The number of aliphatic hydroxyl groups excluding tert-OH is 6. The number of aliphatic hydroxyl groups is 6. The summed E-state index contributed by atoms with van der Waals surface area (Å²) in [7, 11) is 1.05. The van der Waals surface area contributed by atoms with E-state index in [1.54, 1.807) is 20.8 Å². The number of rotatable bonds is 6. The van der Waals surface area contributed by atoms with Crippen LogP contribution in [-0.4, -0.2) is 135 Å². The number of hydrogen-bond acceptors (Lipinski definition) is 16. The Hall–Kier alpha value is -3.22. The molecule has 16 nitrogen and oxygen atoms in total. The zero-order chi connectivity index (χ0) is 35.2. The average molecular weight is 681 g/mol.